The van der Waals surface area contributed by atoms with Crippen LogP contribution in [0, 0.1) is 0 Å². The molecule has 0 unspecified atom stereocenters. The first-order chi connectivity index (χ1) is 13.3. The van der Waals surface area contributed by atoms with Gasteiger partial charge in [0.05, 0.1) is 4.88 Å². The van der Waals surface area contributed by atoms with Crippen molar-refractivity contribution in [2.75, 3.05) is 32.7 Å². The third-order valence-corrected chi connectivity index (χ3v) is 5.98. The van der Waals surface area contributed by atoms with E-state index < -0.39 is 0 Å². The largest absolute Gasteiger partial charge is 0.339 e. The van der Waals surface area contributed by atoms with Gasteiger partial charge in [-0.2, -0.15) is 4.98 Å². The molecular weight excluding hydrogens is 380 g/mol. The van der Waals surface area contributed by atoms with Crippen molar-refractivity contribution in [2.24, 2.45) is 0 Å². The van der Waals surface area contributed by atoms with E-state index in [1.165, 1.54) is 5.56 Å². The number of hydrogen-bond acceptors (Lipinski definition) is 6. The highest BCUT2D eigenvalue weighted by molar-refractivity contribution is 7.13. The molecule has 1 aliphatic heterocycles. The SMILES string of the molecule is Clc1ccc(CN2CCN(CCCc3nc(-c4cccs4)no3)CC2)cc1. The van der Waals surface area contributed by atoms with Crippen molar-refractivity contribution in [2.45, 2.75) is 19.4 Å². The third-order valence-electron chi connectivity index (χ3n) is 4.86. The van der Waals surface area contributed by atoms with Gasteiger partial charge in [-0.15, -0.1) is 11.3 Å². The van der Waals surface area contributed by atoms with E-state index in [0.717, 1.165) is 67.9 Å². The summed E-state index contributed by atoms with van der Waals surface area (Å²) in [6.07, 6.45) is 1.88. The number of rotatable bonds is 7. The highest BCUT2D eigenvalue weighted by Gasteiger charge is 2.17. The van der Waals surface area contributed by atoms with Gasteiger partial charge >= 0.3 is 0 Å². The van der Waals surface area contributed by atoms with Crippen LogP contribution in [0.5, 0.6) is 0 Å². The van der Waals surface area contributed by atoms with Gasteiger partial charge in [-0.1, -0.05) is 35.0 Å². The Kier molecular flexibility index (Phi) is 6.19. The number of nitrogens with zero attached hydrogens (tertiary/aromatic N) is 4. The maximum atomic E-state index is 5.96. The predicted octanol–water partition coefficient (Wildman–Crippen LogP) is 4.20. The van der Waals surface area contributed by atoms with E-state index in [-0.39, 0.29) is 0 Å². The first-order valence-corrected chi connectivity index (χ1v) is 10.6. The smallest absolute Gasteiger partial charge is 0.227 e. The summed E-state index contributed by atoms with van der Waals surface area (Å²) < 4.78 is 5.38. The average Bonchev–Trinajstić information content (AvgIpc) is 3.37. The molecule has 4 rings (SSSR count). The lowest BCUT2D eigenvalue weighted by molar-refractivity contribution is 0.125. The van der Waals surface area contributed by atoms with Gasteiger partial charge in [0.25, 0.3) is 0 Å². The molecule has 0 radical (unpaired) electrons. The fourth-order valence-electron chi connectivity index (χ4n) is 3.34. The van der Waals surface area contributed by atoms with Crippen LogP contribution in [0.4, 0.5) is 0 Å². The van der Waals surface area contributed by atoms with Crippen molar-refractivity contribution in [1.82, 2.24) is 19.9 Å². The van der Waals surface area contributed by atoms with Crippen LogP contribution in [0.3, 0.4) is 0 Å². The van der Waals surface area contributed by atoms with Crippen molar-refractivity contribution in [3.05, 3.63) is 58.3 Å². The zero-order valence-electron chi connectivity index (χ0n) is 15.2. The number of benzene rings is 1. The molecule has 0 saturated carbocycles. The average molecular weight is 403 g/mol. The lowest BCUT2D eigenvalue weighted by Gasteiger charge is -2.34. The summed E-state index contributed by atoms with van der Waals surface area (Å²) in [5.74, 6) is 1.44. The van der Waals surface area contributed by atoms with E-state index in [2.05, 4.69) is 32.1 Å². The first kappa shape index (κ1) is 18.6. The molecule has 0 N–H and O–H groups in total. The number of aromatic nitrogens is 2. The Bertz CT molecular complexity index is 826. The van der Waals surface area contributed by atoms with Crippen LogP contribution < -0.4 is 0 Å². The van der Waals surface area contributed by atoms with Gasteiger partial charge < -0.3 is 9.42 Å². The molecule has 7 heteroatoms. The van der Waals surface area contributed by atoms with Crippen molar-refractivity contribution in [3.8, 4) is 10.7 Å². The Morgan fingerprint density at radius 3 is 2.56 bits per heavy atom. The van der Waals surface area contributed by atoms with Gasteiger partial charge in [-0.25, -0.2) is 0 Å². The molecule has 0 spiro atoms. The van der Waals surface area contributed by atoms with E-state index in [4.69, 9.17) is 16.1 Å². The standard InChI is InChI=1S/C20H23ClN4OS/c21-17-7-5-16(6-8-17)15-25-12-10-24(11-13-25)9-1-4-19-22-20(23-26-19)18-3-2-14-27-18/h2-3,5-8,14H,1,4,9-13,15H2. The molecule has 27 heavy (non-hydrogen) atoms. The fourth-order valence-corrected chi connectivity index (χ4v) is 4.11. The van der Waals surface area contributed by atoms with Crippen LogP contribution in [0.25, 0.3) is 10.7 Å². The molecular formula is C20H23ClN4OS. The Labute approximate surface area is 168 Å². The number of aryl methyl sites for hydroxylation is 1. The minimum absolute atomic E-state index is 0.704. The van der Waals surface area contributed by atoms with Gasteiger partial charge in [0, 0.05) is 44.2 Å². The molecule has 0 aliphatic carbocycles. The lowest BCUT2D eigenvalue weighted by Crippen LogP contribution is -2.46. The number of hydrogen-bond donors (Lipinski definition) is 0. The van der Waals surface area contributed by atoms with E-state index in [1.54, 1.807) is 11.3 Å². The lowest BCUT2D eigenvalue weighted by atomic mass is 10.2. The van der Waals surface area contributed by atoms with E-state index in [9.17, 15) is 0 Å². The van der Waals surface area contributed by atoms with Gasteiger partial charge in [-0.05, 0) is 42.1 Å². The molecule has 2 aromatic heterocycles. The number of halogens is 1. The molecule has 0 amide bonds. The molecule has 142 valence electrons. The quantitative estimate of drug-likeness (QED) is 0.592. The molecule has 5 nitrogen and oxygen atoms in total. The molecule has 3 aromatic rings. The molecule has 3 heterocycles. The zero-order valence-corrected chi connectivity index (χ0v) is 16.8. The van der Waals surface area contributed by atoms with Crippen LogP contribution in [0.2, 0.25) is 5.02 Å². The molecule has 1 aromatic carbocycles. The van der Waals surface area contributed by atoms with E-state index in [1.807, 2.05) is 29.6 Å². The zero-order chi connectivity index (χ0) is 18.5. The minimum atomic E-state index is 0.704. The molecule has 1 saturated heterocycles. The molecule has 1 fully saturated rings. The summed E-state index contributed by atoms with van der Waals surface area (Å²) >= 11 is 7.59. The van der Waals surface area contributed by atoms with Crippen molar-refractivity contribution >= 4 is 22.9 Å². The molecule has 0 bridgehead atoms. The van der Waals surface area contributed by atoms with Gasteiger partial charge in [0.15, 0.2) is 0 Å². The van der Waals surface area contributed by atoms with Crippen LogP contribution in [0.1, 0.15) is 17.9 Å². The third kappa shape index (κ3) is 5.17. The Hall–Kier alpha value is -1.73. The van der Waals surface area contributed by atoms with Crippen LogP contribution >= 0.6 is 22.9 Å². The van der Waals surface area contributed by atoms with E-state index in [0.29, 0.717) is 5.82 Å². The van der Waals surface area contributed by atoms with Crippen LogP contribution in [0.15, 0.2) is 46.3 Å². The maximum absolute atomic E-state index is 5.96. The van der Waals surface area contributed by atoms with Crippen molar-refractivity contribution < 1.29 is 4.52 Å². The van der Waals surface area contributed by atoms with Crippen molar-refractivity contribution in [3.63, 3.8) is 0 Å². The van der Waals surface area contributed by atoms with Crippen molar-refractivity contribution in [1.29, 1.82) is 0 Å². The summed E-state index contributed by atoms with van der Waals surface area (Å²) in [6.45, 7) is 6.50. The summed E-state index contributed by atoms with van der Waals surface area (Å²) in [5, 5.41) is 6.90. The van der Waals surface area contributed by atoms with Crippen LogP contribution in [-0.2, 0) is 13.0 Å². The Balaban J connectivity index is 1.17. The monoisotopic (exact) mass is 402 g/mol. The van der Waals surface area contributed by atoms with Gasteiger partial charge in [0.1, 0.15) is 0 Å². The second-order valence-electron chi connectivity index (χ2n) is 6.84. The number of piperazine rings is 1. The second kappa shape index (κ2) is 8.97. The summed E-state index contributed by atoms with van der Waals surface area (Å²) in [4.78, 5) is 10.6. The topological polar surface area (TPSA) is 45.4 Å². The Morgan fingerprint density at radius 1 is 1.04 bits per heavy atom. The molecule has 0 atom stereocenters. The minimum Gasteiger partial charge on any atom is -0.339 e. The first-order valence-electron chi connectivity index (χ1n) is 9.32. The highest BCUT2D eigenvalue weighted by Crippen LogP contribution is 2.21. The van der Waals surface area contributed by atoms with Gasteiger partial charge in [0.2, 0.25) is 11.7 Å². The van der Waals surface area contributed by atoms with E-state index >= 15 is 0 Å². The summed E-state index contributed by atoms with van der Waals surface area (Å²) in [7, 11) is 0. The second-order valence-corrected chi connectivity index (χ2v) is 8.22. The highest BCUT2D eigenvalue weighted by atomic mass is 35.5. The normalized spacial score (nSPS) is 16.0. The Morgan fingerprint density at radius 2 is 1.81 bits per heavy atom. The van der Waals surface area contributed by atoms with Crippen LogP contribution in [-0.4, -0.2) is 52.7 Å². The fraction of sp³-hybridized carbons (Fsp3) is 0.400. The maximum Gasteiger partial charge on any atom is 0.227 e. The summed E-state index contributed by atoms with van der Waals surface area (Å²) in [5.41, 5.74) is 1.32. The predicted molar refractivity (Wildman–Crippen MR) is 109 cm³/mol. The summed E-state index contributed by atoms with van der Waals surface area (Å²) in [6, 6.07) is 12.2. The number of thiophene rings is 1. The van der Waals surface area contributed by atoms with Gasteiger partial charge in [-0.3, -0.25) is 4.90 Å². The molecule has 1 aliphatic rings.